The van der Waals surface area contributed by atoms with Crippen LogP contribution in [0.2, 0.25) is 5.02 Å². The maximum atomic E-state index is 15.0. The van der Waals surface area contributed by atoms with Gasteiger partial charge in [-0.3, -0.25) is 33.3 Å². The Morgan fingerprint density at radius 1 is 0.788 bits per heavy atom. The highest BCUT2D eigenvalue weighted by Crippen LogP contribution is 2.44. The lowest BCUT2D eigenvalue weighted by Gasteiger charge is -2.47. The largest absolute Gasteiger partial charge is 0.504 e. The molecule has 4 saturated heterocycles. The fraction of sp³-hybridized carbons (Fsp3) is 0.692. The van der Waals surface area contributed by atoms with E-state index in [4.69, 9.17) is 16.3 Å². The van der Waals surface area contributed by atoms with Crippen LogP contribution in [0.25, 0.3) is 10.6 Å². The van der Waals surface area contributed by atoms with Gasteiger partial charge in [-0.15, -0.1) is 10.2 Å². The van der Waals surface area contributed by atoms with Crippen molar-refractivity contribution < 1.29 is 96.6 Å². The summed E-state index contributed by atoms with van der Waals surface area (Å²) in [5.41, 5.74) is 1.64. The Hall–Kier alpha value is -6.02. The Morgan fingerprint density at radius 3 is 2.12 bits per heavy atom. The van der Waals surface area contributed by atoms with E-state index in [1.807, 2.05) is 19.2 Å². The number of phenols is 1. The lowest BCUT2D eigenvalue weighted by atomic mass is 9.72. The number of nitrogens with zero attached hydrogens (tertiary/aromatic N) is 5. The summed E-state index contributed by atoms with van der Waals surface area (Å²) in [6, 6.07) is -2.78. The summed E-state index contributed by atoms with van der Waals surface area (Å²) in [6.07, 6.45) is -1.38. The summed E-state index contributed by atoms with van der Waals surface area (Å²) < 4.78 is 43.4. The van der Waals surface area contributed by atoms with Crippen LogP contribution in [0.1, 0.15) is 120 Å². The minimum atomic E-state index is -5.23. The molecule has 0 spiro atoms. The number of carbonyl (C=O) groups excluding carboxylic acids is 6. The van der Waals surface area contributed by atoms with Gasteiger partial charge in [0.2, 0.25) is 35.4 Å². The fourth-order valence-corrected chi connectivity index (χ4v) is 16.6. The Balaban J connectivity index is 0.934. The van der Waals surface area contributed by atoms with E-state index >= 15 is 0 Å². The van der Waals surface area contributed by atoms with Gasteiger partial charge in [-0.2, -0.15) is 8.42 Å². The van der Waals surface area contributed by atoms with Crippen molar-refractivity contribution in [1.29, 1.82) is 0 Å². The molecule has 99 heavy (non-hydrogen) atoms. The third-order valence-corrected chi connectivity index (χ3v) is 22.4. The van der Waals surface area contributed by atoms with Crippen LogP contribution in [0.5, 0.6) is 11.5 Å². The molecule has 31 nitrogen and oxygen atoms in total. The minimum absolute atomic E-state index is 0.0242. The first-order chi connectivity index (χ1) is 47.1. The molecule has 0 unspecified atom stereocenters. The molecule has 9 rings (SSSR count). The Morgan fingerprint density at radius 2 is 1.46 bits per heavy atom. The molecule has 5 heterocycles. The van der Waals surface area contributed by atoms with Crippen LogP contribution in [0, 0.1) is 17.8 Å². The molecular formula is C65H96ClN11O20S2. The SMILES string of the molecule is COC1(C2CCCCC2)CCN(c2ccc(-c3nnc(C4CCC(CN[C@H]5C[C@@H](O)CNC(=O)[C@@H]6[C@@H](O)[C@@H](C)CN6C(=O)[C@H]([C@H](O)CCNC(CO)CO)NC(=O)[C@H]([C@H](O)Cc6ccc(O)c(OS(=O)(=O)O)c6)NC(=O)[C@@H]6C[C@@H](O)CN6C(=O)[C@H]([C@@H](C)O)NC5=O)CC4)s3)c(Cl)c2)CC1. The molecule has 13 atom stereocenters. The first-order valence-corrected chi connectivity index (χ1v) is 36.7. The predicted molar refractivity (Wildman–Crippen MR) is 359 cm³/mol. The number of hydrogen-bond acceptors (Lipinski definition) is 25. The summed E-state index contributed by atoms with van der Waals surface area (Å²) in [6.45, 7) is 1.88. The quantitative estimate of drug-likeness (QED) is 0.0553. The number of ether oxygens (including phenoxy) is 1. The average molecular weight is 1450 g/mol. The predicted octanol–water partition coefficient (Wildman–Crippen LogP) is -1.27. The number of hydrogen-bond donors (Lipinski definition) is 16. The molecule has 1 aromatic heterocycles. The van der Waals surface area contributed by atoms with Gasteiger partial charge >= 0.3 is 10.4 Å². The zero-order chi connectivity index (χ0) is 71.6. The van der Waals surface area contributed by atoms with Crippen LogP contribution in [0.3, 0.4) is 0 Å². The van der Waals surface area contributed by atoms with Gasteiger partial charge in [0.25, 0.3) is 0 Å². The summed E-state index contributed by atoms with van der Waals surface area (Å²) in [5, 5.41) is 126. The summed E-state index contributed by atoms with van der Waals surface area (Å²) >= 11 is 8.48. The number of halogens is 1. The molecule has 3 aromatic rings. The highest BCUT2D eigenvalue weighted by Gasteiger charge is 2.50. The molecule has 6 amide bonds. The van der Waals surface area contributed by atoms with E-state index in [0.717, 1.165) is 70.2 Å². The molecule has 34 heteroatoms. The number of aliphatic hydroxyl groups is 8. The zero-order valence-corrected chi connectivity index (χ0v) is 58.1. The zero-order valence-electron chi connectivity index (χ0n) is 55.7. The van der Waals surface area contributed by atoms with Crippen molar-refractivity contribution in [1.82, 2.24) is 51.9 Å². The second-order valence-electron chi connectivity index (χ2n) is 27.5. The van der Waals surface area contributed by atoms with Crippen molar-refractivity contribution in [2.24, 2.45) is 17.8 Å². The van der Waals surface area contributed by atoms with Crippen molar-refractivity contribution in [2.45, 2.75) is 201 Å². The van der Waals surface area contributed by atoms with E-state index < -0.39 is 194 Å². The van der Waals surface area contributed by atoms with E-state index in [2.05, 4.69) is 57.2 Å². The van der Waals surface area contributed by atoms with Gasteiger partial charge in [0.15, 0.2) is 11.5 Å². The molecule has 0 bridgehead atoms. The first kappa shape index (κ1) is 77.1. The number of aliphatic hydroxyl groups excluding tert-OH is 8. The number of methoxy groups -OCH3 is 1. The van der Waals surface area contributed by atoms with Crippen molar-refractivity contribution in [2.75, 3.05) is 71.0 Å². The number of aromatic nitrogens is 2. The monoisotopic (exact) mass is 1450 g/mol. The number of carbonyl (C=O) groups is 6. The lowest BCUT2D eigenvalue weighted by Crippen LogP contribution is -2.64. The van der Waals surface area contributed by atoms with E-state index in [0.29, 0.717) is 41.6 Å². The maximum absolute atomic E-state index is 15.0. The molecule has 550 valence electrons. The number of aromatic hydroxyl groups is 1. The smallest absolute Gasteiger partial charge is 0.446 e. The number of piperidine rings is 1. The van der Waals surface area contributed by atoms with Gasteiger partial charge in [-0.05, 0) is 132 Å². The molecule has 6 aliphatic rings. The summed E-state index contributed by atoms with van der Waals surface area (Å²) in [4.78, 5) is 92.5. The van der Waals surface area contributed by atoms with Gasteiger partial charge in [0.05, 0.1) is 72.5 Å². The highest BCUT2D eigenvalue weighted by molar-refractivity contribution is 7.81. The second kappa shape index (κ2) is 34.3. The maximum Gasteiger partial charge on any atom is 0.446 e. The average Bonchev–Trinajstić information content (AvgIpc) is 1.79. The number of nitrogens with one attached hydrogen (secondary N) is 6. The lowest BCUT2D eigenvalue weighted by molar-refractivity contribution is -0.147. The summed E-state index contributed by atoms with van der Waals surface area (Å²) in [5.74, 6) is -8.56. The van der Waals surface area contributed by atoms with Gasteiger partial charge in [0, 0.05) is 75.8 Å². The Labute approximate surface area is 583 Å². The number of amides is 6. The Kier molecular flexibility index (Phi) is 26.7. The van der Waals surface area contributed by atoms with Crippen molar-refractivity contribution in [3.05, 3.63) is 52.0 Å². The third kappa shape index (κ3) is 19.2. The molecule has 2 aromatic carbocycles. The number of anilines is 1. The highest BCUT2D eigenvalue weighted by atomic mass is 35.5. The number of phenolic OH excluding ortho intramolecular Hbond substituents is 1. The normalized spacial score (nSPS) is 29.2. The number of benzene rings is 2. The van der Waals surface area contributed by atoms with Crippen LogP contribution in [-0.2, 0) is 50.3 Å². The molecule has 2 aliphatic carbocycles. The number of fused-ring (bicyclic) bond motifs is 2. The van der Waals surface area contributed by atoms with Gasteiger partial charge in [-0.1, -0.05) is 55.2 Å². The molecule has 4 aliphatic heterocycles. The number of rotatable bonds is 21. The molecular weight excluding hydrogens is 1350 g/mol. The van der Waals surface area contributed by atoms with Crippen molar-refractivity contribution in [3.63, 3.8) is 0 Å². The van der Waals surface area contributed by atoms with Crippen molar-refractivity contribution >= 4 is 74.5 Å². The van der Waals surface area contributed by atoms with Crippen molar-refractivity contribution in [3.8, 4) is 22.1 Å². The molecule has 0 radical (unpaired) electrons. The van der Waals surface area contributed by atoms with E-state index in [1.165, 1.54) is 57.3 Å². The topological polar surface area (TPSA) is 465 Å². The molecule has 16 N–H and O–H groups in total. The first-order valence-electron chi connectivity index (χ1n) is 34.1. The van der Waals surface area contributed by atoms with Gasteiger partial charge in [0.1, 0.15) is 40.2 Å². The summed E-state index contributed by atoms with van der Waals surface area (Å²) in [7, 11) is -3.37. The van der Waals surface area contributed by atoms with Gasteiger partial charge < -0.3 is 101 Å². The third-order valence-electron chi connectivity index (χ3n) is 20.6. The second-order valence-corrected chi connectivity index (χ2v) is 29.9. The van der Waals surface area contributed by atoms with E-state index in [1.54, 1.807) is 0 Å². The molecule has 2 saturated carbocycles. The van der Waals surface area contributed by atoms with Crippen LogP contribution in [-0.4, -0.2) is 265 Å². The van der Waals surface area contributed by atoms with Crippen LogP contribution >= 0.6 is 22.9 Å². The minimum Gasteiger partial charge on any atom is -0.504 e. The van der Waals surface area contributed by atoms with E-state index in [9.17, 15) is 87.7 Å². The molecule has 6 fully saturated rings. The standard InChI is InChI=1S/C65H96ClN11O20S2/c1-34-30-77-55(56(34)86)60(90)69-29-42(81)26-46(68-28-36-9-12-38(13-10-36)61-73-74-62(98-61)44-15-14-41(25-45(44)66)75-21-18-65(96-3,19-22-75)39-7-5-4-6-8-39)57(87)70-52(35(2)80)63(91)76-31-43(82)27-47(76)58(88)71-53(50(85)23-37-11-16-48(83)51(24-37)97-99(93,94)95)59(89)72-54(64(77)92)49(84)17-20-67-40(32-78)33-79/h11,14-16,24-25,34-36,38-40,42-43,46-47,49-50,52-56,67-68,78-86H,4-10,12-13,17-23,26-33H2,1-3H3,(H,69,90)(H,70,87)(H,71,88)(H,72,89)(H,93,94,95)/t34-,35+,36?,38?,42+,43+,46-,47-,49+,50+,52-,53-,54-,55-,56-/m0/s1. The van der Waals surface area contributed by atoms with Crippen LogP contribution in [0.15, 0.2) is 36.4 Å². The van der Waals surface area contributed by atoms with Gasteiger partial charge in [-0.25, -0.2) is 0 Å². The Bertz CT molecular complexity index is 3390. The van der Waals surface area contributed by atoms with Crippen LogP contribution in [0.4, 0.5) is 5.69 Å². The van der Waals surface area contributed by atoms with Crippen LogP contribution < -0.4 is 41.0 Å². The van der Waals surface area contributed by atoms with E-state index in [-0.39, 0.29) is 42.6 Å². The number of β-amino-alcohol motifs (C(OH)–C–C–N with tert-alkyl or cyclic N) is 1. The fourth-order valence-electron chi connectivity index (χ4n) is 14.8.